The predicted octanol–water partition coefficient (Wildman–Crippen LogP) is 5.11. The summed E-state index contributed by atoms with van der Waals surface area (Å²) in [5.41, 5.74) is 6.43. The van der Waals surface area contributed by atoms with E-state index >= 15 is 0 Å². The number of anilines is 2. The molecule has 1 fully saturated rings. The van der Waals surface area contributed by atoms with Crippen LogP contribution in [0.15, 0.2) is 71.1 Å². The van der Waals surface area contributed by atoms with E-state index in [0.717, 1.165) is 59.9 Å². The third-order valence-electron chi connectivity index (χ3n) is 5.95. The molecule has 0 spiro atoms. The van der Waals surface area contributed by atoms with Crippen LogP contribution in [0.5, 0.6) is 0 Å². The molecule has 0 aliphatic carbocycles. The maximum Gasteiger partial charge on any atom is 0.255 e. The fourth-order valence-electron chi connectivity index (χ4n) is 4.09. The number of carbonyl (C=O) groups excluding carboxylic acids is 1. The van der Waals surface area contributed by atoms with Gasteiger partial charge in [0.25, 0.3) is 5.91 Å². The van der Waals surface area contributed by atoms with Crippen molar-refractivity contribution in [2.24, 2.45) is 0 Å². The van der Waals surface area contributed by atoms with Crippen molar-refractivity contribution in [1.29, 1.82) is 0 Å². The van der Waals surface area contributed by atoms with Crippen LogP contribution in [0.3, 0.4) is 0 Å². The van der Waals surface area contributed by atoms with E-state index in [1.165, 1.54) is 0 Å². The minimum absolute atomic E-state index is 0.140. The monoisotopic (exact) mass is 454 g/mol. The minimum atomic E-state index is -0.140. The first-order valence-electron chi connectivity index (χ1n) is 11.3. The summed E-state index contributed by atoms with van der Waals surface area (Å²) in [6, 6.07) is 21.6. The summed E-state index contributed by atoms with van der Waals surface area (Å²) in [5.74, 6) is 0.885. The van der Waals surface area contributed by atoms with E-state index in [2.05, 4.69) is 26.5 Å². The quantitative estimate of drug-likeness (QED) is 0.451. The van der Waals surface area contributed by atoms with Crippen LogP contribution in [-0.4, -0.2) is 42.4 Å². The van der Waals surface area contributed by atoms with E-state index in [1.54, 1.807) is 6.92 Å². The molecule has 34 heavy (non-hydrogen) atoms. The van der Waals surface area contributed by atoms with Gasteiger partial charge in [0.05, 0.1) is 13.2 Å². The Bertz CT molecular complexity index is 1310. The van der Waals surface area contributed by atoms with Gasteiger partial charge in [-0.05, 0) is 66.1 Å². The number of rotatable bonds is 5. The lowest BCUT2D eigenvalue weighted by Gasteiger charge is -2.29. The summed E-state index contributed by atoms with van der Waals surface area (Å²) in [6.45, 7) is 6.95. The average molecular weight is 455 g/mol. The second kappa shape index (κ2) is 9.49. The van der Waals surface area contributed by atoms with E-state index in [-0.39, 0.29) is 5.91 Å². The summed E-state index contributed by atoms with van der Waals surface area (Å²) in [6.07, 6.45) is 0. The highest BCUT2D eigenvalue weighted by molar-refractivity contribution is 6.05. The Morgan fingerprint density at radius 2 is 1.68 bits per heavy atom. The van der Waals surface area contributed by atoms with Crippen molar-refractivity contribution >= 4 is 17.3 Å². The first-order valence-corrected chi connectivity index (χ1v) is 11.3. The summed E-state index contributed by atoms with van der Waals surface area (Å²) < 4.78 is 10.9. The van der Waals surface area contributed by atoms with E-state index in [4.69, 9.17) is 9.15 Å². The van der Waals surface area contributed by atoms with Gasteiger partial charge in [0.2, 0.25) is 11.8 Å². The lowest BCUT2D eigenvalue weighted by atomic mass is 9.97. The van der Waals surface area contributed by atoms with E-state index in [9.17, 15) is 4.79 Å². The van der Waals surface area contributed by atoms with Gasteiger partial charge in [-0.3, -0.25) is 4.79 Å². The van der Waals surface area contributed by atoms with Crippen LogP contribution >= 0.6 is 0 Å². The molecule has 1 aliphatic rings. The zero-order chi connectivity index (χ0) is 23.5. The standard InChI is InChI=1S/C27H26N4O3/c1-18-6-7-22(16-25(18)20-8-10-21(11-9-20)27-30-29-19(2)34-27)26(32)28-23-4-3-5-24(17-23)31-12-14-33-15-13-31/h3-11,16-17H,12-15H2,1-2H3,(H,28,32). The zero-order valence-electron chi connectivity index (χ0n) is 19.2. The lowest BCUT2D eigenvalue weighted by Crippen LogP contribution is -2.36. The first-order chi connectivity index (χ1) is 16.6. The molecular formula is C27H26N4O3. The van der Waals surface area contributed by atoms with Gasteiger partial charge in [-0.1, -0.05) is 24.3 Å². The Kier molecular flexibility index (Phi) is 6.10. The molecule has 7 heteroatoms. The molecule has 5 rings (SSSR count). The maximum absolute atomic E-state index is 13.1. The molecular weight excluding hydrogens is 428 g/mol. The third-order valence-corrected chi connectivity index (χ3v) is 5.95. The number of ether oxygens (including phenoxy) is 1. The molecule has 0 bridgehead atoms. The molecule has 0 atom stereocenters. The molecule has 1 N–H and O–H groups in total. The number of aromatic nitrogens is 2. The van der Waals surface area contributed by atoms with Gasteiger partial charge in [-0.25, -0.2) is 0 Å². The Morgan fingerprint density at radius 1 is 0.912 bits per heavy atom. The van der Waals surface area contributed by atoms with Crippen LogP contribution in [0.4, 0.5) is 11.4 Å². The summed E-state index contributed by atoms with van der Waals surface area (Å²) in [4.78, 5) is 15.3. The number of hydrogen-bond acceptors (Lipinski definition) is 6. The molecule has 1 saturated heterocycles. The highest BCUT2D eigenvalue weighted by Gasteiger charge is 2.14. The van der Waals surface area contributed by atoms with E-state index < -0.39 is 0 Å². The van der Waals surface area contributed by atoms with Crippen LogP contribution in [-0.2, 0) is 4.74 Å². The SMILES string of the molecule is Cc1nnc(-c2ccc(-c3cc(C(=O)Nc4cccc(N5CCOCC5)c4)ccc3C)cc2)o1. The zero-order valence-corrected chi connectivity index (χ0v) is 19.2. The molecule has 0 radical (unpaired) electrons. The number of benzene rings is 3. The first kappa shape index (κ1) is 21.9. The highest BCUT2D eigenvalue weighted by atomic mass is 16.5. The van der Waals surface area contributed by atoms with Crippen LogP contribution in [0.25, 0.3) is 22.6 Å². The maximum atomic E-state index is 13.1. The second-order valence-electron chi connectivity index (χ2n) is 8.34. The van der Waals surface area contributed by atoms with Gasteiger partial charge in [0.1, 0.15) is 0 Å². The summed E-state index contributed by atoms with van der Waals surface area (Å²) >= 11 is 0. The number of nitrogens with zero attached hydrogens (tertiary/aromatic N) is 3. The molecule has 1 amide bonds. The Labute approximate surface area is 198 Å². The number of amides is 1. The predicted molar refractivity (Wildman–Crippen MR) is 132 cm³/mol. The van der Waals surface area contributed by atoms with Crippen molar-refractivity contribution in [2.75, 3.05) is 36.5 Å². The Hall–Kier alpha value is -3.97. The molecule has 3 aromatic carbocycles. The second-order valence-corrected chi connectivity index (χ2v) is 8.34. The lowest BCUT2D eigenvalue weighted by molar-refractivity contribution is 0.102. The van der Waals surface area contributed by atoms with Crippen LogP contribution in [0.2, 0.25) is 0 Å². The van der Waals surface area contributed by atoms with Crippen LogP contribution < -0.4 is 10.2 Å². The Morgan fingerprint density at radius 3 is 2.41 bits per heavy atom. The molecule has 2 heterocycles. The summed E-state index contributed by atoms with van der Waals surface area (Å²) in [5, 5.41) is 11.0. The molecule has 1 aliphatic heterocycles. The van der Waals surface area contributed by atoms with E-state index in [1.807, 2.05) is 67.6 Å². The van der Waals surface area contributed by atoms with Gasteiger partial charge in [0, 0.05) is 42.5 Å². The largest absolute Gasteiger partial charge is 0.421 e. The van der Waals surface area contributed by atoms with Crippen molar-refractivity contribution in [3.8, 4) is 22.6 Å². The molecule has 4 aromatic rings. The minimum Gasteiger partial charge on any atom is -0.421 e. The smallest absolute Gasteiger partial charge is 0.255 e. The topological polar surface area (TPSA) is 80.5 Å². The molecule has 0 unspecified atom stereocenters. The highest BCUT2D eigenvalue weighted by Crippen LogP contribution is 2.28. The number of aryl methyl sites for hydroxylation is 2. The number of carbonyl (C=O) groups is 1. The fraction of sp³-hybridized carbons (Fsp3) is 0.222. The van der Waals surface area contributed by atoms with E-state index in [0.29, 0.717) is 17.3 Å². The normalized spacial score (nSPS) is 13.6. The van der Waals surface area contributed by atoms with Gasteiger partial charge >= 0.3 is 0 Å². The molecule has 0 saturated carbocycles. The summed E-state index contributed by atoms with van der Waals surface area (Å²) in [7, 11) is 0. The van der Waals surface area contributed by atoms with Crippen molar-refractivity contribution < 1.29 is 13.9 Å². The van der Waals surface area contributed by atoms with Crippen molar-refractivity contribution in [2.45, 2.75) is 13.8 Å². The van der Waals surface area contributed by atoms with Crippen molar-refractivity contribution in [3.63, 3.8) is 0 Å². The van der Waals surface area contributed by atoms with Crippen molar-refractivity contribution in [3.05, 3.63) is 83.7 Å². The Balaban J connectivity index is 1.35. The fourth-order valence-corrected chi connectivity index (χ4v) is 4.09. The van der Waals surface area contributed by atoms with Gasteiger partial charge < -0.3 is 19.4 Å². The number of morpholine rings is 1. The molecule has 7 nitrogen and oxygen atoms in total. The average Bonchev–Trinajstić information content (AvgIpc) is 3.31. The van der Waals surface area contributed by atoms with Crippen molar-refractivity contribution in [1.82, 2.24) is 10.2 Å². The van der Waals surface area contributed by atoms with Gasteiger partial charge in [0.15, 0.2) is 0 Å². The van der Waals surface area contributed by atoms with Gasteiger partial charge in [-0.15, -0.1) is 10.2 Å². The molecule has 172 valence electrons. The van der Waals surface area contributed by atoms with Crippen LogP contribution in [0, 0.1) is 13.8 Å². The number of nitrogens with one attached hydrogen (secondary N) is 1. The van der Waals surface area contributed by atoms with Crippen LogP contribution in [0.1, 0.15) is 21.8 Å². The molecule has 1 aromatic heterocycles. The number of hydrogen-bond donors (Lipinski definition) is 1. The van der Waals surface area contributed by atoms with Gasteiger partial charge in [-0.2, -0.15) is 0 Å². The third kappa shape index (κ3) is 4.70.